The fourth-order valence-corrected chi connectivity index (χ4v) is 4.57. The summed E-state index contributed by atoms with van der Waals surface area (Å²) in [4.78, 5) is 5.05. The van der Waals surface area contributed by atoms with E-state index in [1.54, 1.807) is 26.4 Å². The normalized spacial score (nSPS) is 11.8. The van der Waals surface area contributed by atoms with Gasteiger partial charge in [0.05, 0.1) is 5.69 Å². The van der Waals surface area contributed by atoms with Gasteiger partial charge in [0.15, 0.2) is 0 Å². The first-order valence-corrected chi connectivity index (χ1v) is 8.87. The SMILES string of the molecule is CNc1ccncc1S(=O)(=O)N(C)Cc1cc(Br)cs1. The second-order valence-corrected chi connectivity index (χ2v) is 8.04. The van der Waals surface area contributed by atoms with E-state index < -0.39 is 10.0 Å². The lowest BCUT2D eigenvalue weighted by atomic mass is 10.4. The third-order valence-corrected chi connectivity index (χ3v) is 6.26. The minimum atomic E-state index is -3.57. The van der Waals surface area contributed by atoms with Crippen LogP contribution in [0.2, 0.25) is 0 Å². The second kappa shape index (κ2) is 6.21. The molecule has 5 nitrogen and oxygen atoms in total. The van der Waals surface area contributed by atoms with Gasteiger partial charge in [-0.05, 0) is 28.1 Å². The molecule has 20 heavy (non-hydrogen) atoms. The Kier molecular flexibility index (Phi) is 4.79. The average Bonchev–Trinajstić information content (AvgIpc) is 2.84. The van der Waals surface area contributed by atoms with Crippen LogP contribution in [0.1, 0.15) is 4.88 Å². The van der Waals surface area contributed by atoms with Crippen molar-refractivity contribution in [1.29, 1.82) is 0 Å². The van der Waals surface area contributed by atoms with Crippen molar-refractivity contribution in [1.82, 2.24) is 9.29 Å². The molecule has 0 saturated carbocycles. The van der Waals surface area contributed by atoms with E-state index in [0.29, 0.717) is 12.2 Å². The van der Waals surface area contributed by atoms with Gasteiger partial charge in [-0.25, -0.2) is 8.42 Å². The van der Waals surface area contributed by atoms with E-state index in [4.69, 9.17) is 0 Å². The highest BCUT2D eigenvalue weighted by Gasteiger charge is 2.24. The molecule has 1 N–H and O–H groups in total. The quantitative estimate of drug-likeness (QED) is 0.872. The summed E-state index contributed by atoms with van der Waals surface area (Å²) in [5.74, 6) is 0. The van der Waals surface area contributed by atoms with E-state index in [1.807, 2.05) is 11.4 Å². The molecule has 0 aliphatic rings. The van der Waals surface area contributed by atoms with Gasteiger partial charge in [0.25, 0.3) is 0 Å². The van der Waals surface area contributed by atoms with Crippen molar-refractivity contribution in [3.8, 4) is 0 Å². The van der Waals surface area contributed by atoms with Crippen molar-refractivity contribution in [3.05, 3.63) is 39.3 Å². The number of aromatic nitrogens is 1. The summed E-state index contributed by atoms with van der Waals surface area (Å²) in [5, 5.41) is 4.80. The van der Waals surface area contributed by atoms with E-state index in [0.717, 1.165) is 9.35 Å². The smallest absolute Gasteiger partial charge is 0.246 e. The van der Waals surface area contributed by atoms with Gasteiger partial charge in [0.2, 0.25) is 10.0 Å². The largest absolute Gasteiger partial charge is 0.387 e. The summed E-state index contributed by atoms with van der Waals surface area (Å²) >= 11 is 4.88. The van der Waals surface area contributed by atoms with Crippen molar-refractivity contribution in [2.45, 2.75) is 11.4 Å². The van der Waals surface area contributed by atoms with E-state index in [2.05, 4.69) is 26.2 Å². The maximum Gasteiger partial charge on any atom is 0.246 e. The van der Waals surface area contributed by atoms with E-state index >= 15 is 0 Å². The minimum Gasteiger partial charge on any atom is -0.387 e. The van der Waals surface area contributed by atoms with Crippen molar-refractivity contribution in [2.24, 2.45) is 0 Å². The summed E-state index contributed by atoms with van der Waals surface area (Å²) in [6.07, 6.45) is 2.92. The molecule has 108 valence electrons. The maximum absolute atomic E-state index is 12.6. The van der Waals surface area contributed by atoms with Crippen LogP contribution in [0.5, 0.6) is 0 Å². The van der Waals surface area contributed by atoms with Gasteiger partial charge in [-0.2, -0.15) is 4.31 Å². The van der Waals surface area contributed by atoms with Crippen molar-refractivity contribution < 1.29 is 8.42 Å². The van der Waals surface area contributed by atoms with Crippen LogP contribution in [-0.2, 0) is 16.6 Å². The Morgan fingerprint density at radius 3 is 2.85 bits per heavy atom. The molecule has 2 aromatic rings. The molecule has 0 bridgehead atoms. The molecule has 0 aromatic carbocycles. The lowest BCUT2D eigenvalue weighted by Crippen LogP contribution is -2.27. The van der Waals surface area contributed by atoms with Crippen LogP contribution in [0.25, 0.3) is 0 Å². The number of sulfonamides is 1. The molecule has 8 heteroatoms. The monoisotopic (exact) mass is 375 g/mol. The summed E-state index contributed by atoms with van der Waals surface area (Å²) in [7, 11) is -0.321. The highest BCUT2D eigenvalue weighted by Crippen LogP contribution is 2.26. The zero-order valence-corrected chi connectivity index (χ0v) is 14.2. The molecule has 2 heterocycles. The fourth-order valence-electron chi connectivity index (χ4n) is 1.70. The molecule has 0 saturated heterocycles. The Labute approximate surface area is 130 Å². The molecule has 0 fully saturated rings. The first kappa shape index (κ1) is 15.4. The predicted octanol–water partition coefficient (Wildman–Crippen LogP) is 2.77. The van der Waals surface area contributed by atoms with Crippen LogP contribution in [0.3, 0.4) is 0 Å². The van der Waals surface area contributed by atoms with Gasteiger partial charge >= 0.3 is 0 Å². The number of pyridine rings is 1. The number of nitrogens with one attached hydrogen (secondary N) is 1. The molecule has 2 rings (SSSR count). The molecule has 0 amide bonds. The first-order chi connectivity index (χ1) is 9.45. The van der Waals surface area contributed by atoms with Crippen LogP contribution in [0.15, 0.2) is 39.3 Å². The number of thiophene rings is 1. The van der Waals surface area contributed by atoms with E-state index in [-0.39, 0.29) is 4.90 Å². The molecule has 0 spiro atoms. The van der Waals surface area contributed by atoms with E-state index in [9.17, 15) is 8.42 Å². The third kappa shape index (κ3) is 3.20. The maximum atomic E-state index is 12.6. The van der Waals surface area contributed by atoms with Crippen LogP contribution < -0.4 is 5.32 Å². The van der Waals surface area contributed by atoms with Gasteiger partial charge in [0.1, 0.15) is 4.90 Å². The molecule has 0 aliphatic carbocycles. The zero-order valence-electron chi connectivity index (χ0n) is 11.0. The van der Waals surface area contributed by atoms with E-state index in [1.165, 1.54) is 21.8 Å². The highest BCUT2D eigenvalue weighted by atomic mass is 79.9. The number of rotatable bonds is 5. The van der Waals surface area contributed by atoms with Crippen LogP contribution in [0.4, 0.5) is 5.69 Å². The molecular weight excluding hydrogens is 362 g/mol. The Bertz CT molecular complexity index is 700. The zero-order chi connectivity index (χ0) is 14.8. The van der Waals surface area contributed by atoms with Gasteiger partial charge < -0.3 is 5.32 Å². The number of hydrogen-bond acceptors (Lipinski definition) is 5. The lowest BCUT2D eigenvalue weighted by Gasteiger charge is -2.18. The van der Waals surface area contributed by atoms with Crippen molar-refractivity contribution in [2.75, 3.05) is 19.4 Å². The van der Waals surface area contributed by atoms with Crippen molar-refractivity contribution >= 4 is 43.0 Å². The molecule has 0 unspecified atom stereocenters. The Morgan fingerprint density at radius 1 is 1.50 bits per heavy atom. The molecular formula is C12H14BrN3O2S2. The lowest BCUT2D eigenvalue weighted by molar-refractivity contribution is 0.469. The Hall–Kier alpha value is -0.960. The Morgan fingerprint density at radius 2 is 2.25 bits per heavy atom. The van der Waals surface area contributed by atoms with Gasteiger partial charge in [-0.1, -0.05) is 0 Å². The fraction of sp³-hybridized carbons (Fsp3) is 0.250. The standard InChI is InChI=1S/C12H14BrN3O2S2/c1-14-11-3-4-15-6-12(11)20(17,18)16(2)7-10-5-9(13)8-19-10/h3-6,8H,7H2,1-2H3,(H,14,15). The van der Waals surface area contributed by atoms with Gasteiger partial charge in [-0.15, -0.1) is 11.3 Å². The van der Waals surface area contributed by atoms with Crippen LogP contribution >= 0.6 is 27.3 Å². The molecule has 2 aromatic heterocycles. The molecule has 0 atom stereocenters. The van der Waals surface area contributed by atoms with Crippen LogP contribution in [-0.4, -0.2) is 31.8 Å². The Balaban J connectivity index is 2.29. The van der Waals surface area contributed by atoms with Gasteiger partial charge in [-0.3, -0.25) is 4.98 Å². The minimum absolute atomic E-state index is 0.181. The number of hydrogen-bond donors (Lipinski definition) is 1. The van der Waals surface area contributed by atoms with Crippen LogP contribution in [0, 0.1) is 0 Å². The summed E-state index contributed by atoms with van der Waals surface area (Å²) in [5.41, 5.74) is 0.541. The van der Waals surface area contributed by atoms with Crippen molar-refractivity contribution in [3.63, 3.8) is 0 Å². The number of anilines is 1. The number of halogens is 1. The summed E-state index contributed by atoms with van der Waals surface area (Å²) in [6, 6.07) is 3.56. The third-order valence-electron chi connectivity index (χ3n) is 2.74. The molecule has 0 radical (unpaired) electrons. The predicted molar refractivity (Wildman–Crippen MR) is 84.5 cm³/mol. The molecule has 0 aliphatic heterocycles. The topological polar surface area (TPSA) is 62.3 Å². The summed E-state index contributed by atoms with van der Waals surface area (Å²) < 4.78 is 27.4. The second-order valence-electron chi connectivity index (χ2n) is 4.11. The number of nitrogens with zero attached hydrogens (tertiary/aromatic N) is 2. The summed E-state index contributed by atoms with van der Waals surface area (Å²) in [6.45, 7) is 0.330. The average molecular weight is 376 g/mol. The highest BCUT2D eigenvalue weighted by molar-refractivity contribution is 9.10. The first-order valence-electron chi connectivity index (χ1n) is 5.76. The van der Waals surface area contributed by atoms with Gasteiger partial charge in [0, 0.05) is 47.8 Å².